The lowest BCUT2D eigenvalue weighted by atomic mass is 9.63. The van der Waals surface area contributed by atoms with Gasteiger partial charge in [0.1, 0.15) is 6.29 Å². The number of methoxy groups -OCH3 is 1. The summed E-state index contributed by atoms with van der Waals surface area (Å²) in [5, 5.41) is 0. The summed E-state index contributed by atoms with van der Waals surface area (Å²) in [5.74, 6) is -0.337. The maximum atomic E-state index is 12.1. The van der Waals surface area contributed by atoms with Crippen molar-refractivity contribution in [1.29, 1.82) is 0 Å². The molecule has 4 bridgehead atoms. The van der Waals surface area contributed by atoms with Gasteiger partial charge in [0.15, 0.2) is 0 Å². The average Bonchev–Trinajstić information content (AvgIpc) is 3.38. The molecule has 5 fully saturated rings. The summed E-state index contributed by atoms with van der Waals surface area (Å²) in [7, 11) is 1.38. The second-order valence-corrected chi connectivity index (χ2v) is 8.67. The Labute approximate surface area is 145 Å². The molecule has 134 valence electrons. The normalized spacial score (nSPS) is 52.4. The molecule has 0 aromatic rings. The quantitative estimate of drug-likeness (QED) is 0.434. The Bertz CT molecular complexity index is 671. The fraction of sp³-hybridized carbons (Fsp3) is 0.789. The van der Waals surface area contributed by atoms with E-state index < -0.39 is 0 Å². The number of hydrogen-bond acceptors (Lipinski definition) is 6. The van der Waals surface area contributed by atoms with E-state index in [1.807, 2.05) is 0 Å². The number of carbonyl (C=O) groups is 4. The molecule has 6 nitrogen and oxygen atoms in total. The third-order valence-electron chi connectivity index (χ3n) is 8.10. The van der Waals surface area contributed by atoms with Crippen LogP contribution in [0.15, 0.2) is 0 Å². The van der Waals surface area contributed by atoms with Gasteiger partial charge in [-0.3, -0.25) is 14.4 Å². The van der Waals surface area contributed by atoms with Crippen molar-refractivity contribution in [3.63, 3.8) is 0 Å². The van der Waals surface area contributed by atoms with E-state index in [9.17, 15) is 19.2 Å². The largest absolute Gasteiger partial charge is 0.469 e. The Kier molecular flexibility index (Phi) is 3.20. The molecular formula is C19H22O6. The Morgan fingerprint density at radius 1 is 0.960 bits per heavy atom. The summed E-state index contributed by atoms with van der Waals surface area (Å²) in [4.78, 5) is 47.8. The lowest BCUT2D eigenvalue weighted by Gasteiger charge is -2.39. The topological polar surface area (TPSA) is 86.7 Å². The molecule has 4 saturated carbocycles. The smallest absolute Gasteiger partial charge is 0.317 e. The molecule has 6 heteroatoms. The molecule has 0 spiro atoms. The van der Waals surface area contributed by atoms with Crippen LogP contribution in [0, 0.1) is 59.2 Å². The van der Waals surface area contributed by atoms with Crippen LogP contribution >= 0.6 is 0 Å². The van der Waals surface area contributed by atoms with Gasteiger partial charge < -0.3 is 14.3 Å². The van der Waals surface area contributed by atoms with Crippen LogP contribution in [0.2, 0.25) is 0 Å². The number of hydrogen-bond donors (Lipinski definition) is 0. The highest BCUT2D eigenvalue weighted by Crippen LogP contribution is 2.66. The molecule has 0 amide bonds. The molecule has 0 radical (unpaired) electrons. The Balaban J connectivity index is 1.39. The molecule has 5 rings (SSSR count). The van der Waals surface area contributed by atoms with Crippen LogP contribution in [0.3, 0.4) is 0 Å². The van der Waals surface area contributed by atoms with Gasteiger partial charge in [0, 0.05) is 5.92 Å². The molecule has 1 saturated heterocycles. The molecule has 25 heavy (non-hydrogen) atoms. The van der Waals surface area contributed by atoms with Crippen LogP contribution in [0.4, 0.5) is 0 Å². The van der Waals surface area contributed by atoms with Gasteiger partial charge in [0.05, 0.1) is 24.9 Å². The Hall–Kier alpha value is -1.72. The minimum absolute atomic E-state index is 0.210. The number of fused-ring (bicyclic) bond motifs is 7. The Morgan fingerprint density at radius 2 is 1.56 bits per heavy atom. The van der Waals surface area contributed by atoms with E-state index in [1.165, 1.54) is 7.11 Å². The summed E-state index contributed by atoms with van der Waals surface area (Å²) in [5.41, 5.74) is 0. The first-order valence-corrected chi connectivity index (χ1v) is 9.33. The highest BCUT2D eigenvalue weighted by molar-refractivity contribution is 5.97. The number of rotatable bonds is 3. The lowest BCUT2D eigenvalue weighted by molar-refractivity contribution is -0.155. The second kappa shape index (κ2) is 5.15. The van der Waals surface area contributed by atoms with Gasteiger partial charge >= 0.3 is 17.9 Å². The third-order valence-corrected chi connectivity index (χ3v) is 8.10. The van der Waals surface area contributed by atoms with E-state index in [1.54, 1.807) is 0 Å². The maximum absolute atomic E-state index is 12.1. The zero-order chi connectivity index (χ0) is 17.5. The molecule has 10 unspecified atom stereocenters. The first kappa shape index (κ1) is 15.5. The van der Waals surface area contributed by atoms with Crippen LogP contribution in [-0.2, 0) is 28.7 Å². The van der Waals surface area contributed by atoms with Crippen LogP contribution in [0.5, 0.6) is 0 Å². The molecular weight excluding hydrogens is 324 g/mol. The molecule has 4 aliphatic carbocycles. The first-order chi connectivity index (χ1) is 12.0. The van der Waals surface area contributed by atoms with Crippen LogP contribution in [0.1, 0.15) is 25.7 Å². The molecule has 0 N–H and O–H groups in total. The van der Waals surface area contributed by atoms with E-state index in [4.69, 9.17) is 9.47 Å². The Morgan fingerprint density at radius 3 is 2.28 bits per heavy atom. The first-order valence-electron chi connectivity index (χ1n) is 9.33. The number of aldehydes is 1. The molecule has 1 aliphatic heterocycles. The highest BCUT2D eigenvalue weighted by atomic mass is 16.6. The van der Waals surface area contributed by atoms with Gasteiger partial charge in [0.2, 0.25) is 0 Å². The van der Waals surface area contributed by atoms with E-state index in [0.29, 0.717) is 11.8 Å². The molecule has 0 aromatic carbocycles. The number of ether oxygens (including phenoxy) is 2. The third kappa shape index (κ3) is 1.86. The van der Waals surface area contributed by atoms with Gasteiger partial charge in [-0.15, -0.1) is 0 Å². The summed E-state index contributed by atoms with van der Waals surface area (Å²) in [6.45, 7) is 0. The highest BCUT2D eigenvalue weighted by Gasteiger charge is 2.66. The van der Waals surface area contributed by atoms with Gasteiger partial charge in [-0.1, -0.05) is 0 Å². The number of carbonyl (C=O) groups excluding carboxylic acids is 4. The van der Waals surface area contributed by atoms with Crippen molar-refractivity contribution in [3.8, 4) is 0 Å². The predicted molar refractivity (Wildman–Crippen MR) is 82.5 cm³/mol. The van der Waals surface area contributed by atoms with Crippen molar-refractivity contribution in [1.82, 2.24) is 0 Å². The molecule has 0 aromatic heterocycles. The predicted octanol–water partition coefficient (Wildman–Crippen LogP) is 1.22. The number of esters is 3. The summed E-state index contributed by atoms with van der Waals surface area (Å²) < 4.78 is 9.81. The van der Waals surface area contributed by atoms with E-state index in [0.717, 1.165) is 32.0 Å². The van der Waals surface area contributed by atoms with Crippen LogP contribution in [-0.4, -0.2) is 31.3 Å². The summed E-state index contributed by atoms with van der Waals surface area (Å²) in [6, 6.07) is 0. The fourth-order valence-corrected chi connectivity index (χ4v) is 7.42. The number of cyclic esters (lactones) is 2. The van der Waals surface area contributed by atoms with Gasteiger partial charge in [-0.05, 0) is 61.2 Å². The van der Waals surface area contributed by atoms with E-state index in [-0.39, 0.29) is 65.3 Å². The van der Waals surface area contributed by atoms with Crippen molar-refractivity contribution in [2.45, 2.75) is 25.7 Å². The lowest BCUT2D eigenvalue weighted by Crippen LogP contribution is -2.41. The minimum Gasteiger partial charge on any atom is -0.469 e. The SMILES string of the molecule is COC(=O)C1C2CC(C1C=O)C(C1CC3CC1C1C(=O)OC(=O)C31)C2. The standard InChI is InChI=1S/C19H22O6/c1-24-17(21)14-7-2-9(11(3-7)13(14)6-20)10-4-8-5-12(10)16-15(8)18(22)25-19(16)23/h6-16H,2-5H2,1H3. The van der Waals surface area contributed by atoms with E-state index in [2.05, 4.69) is 0 Å². The van der Waals surface area contributed by atoms with Crippen LogP contribution < -0.4 is 0 Å². The molecule has 5 aliphatic rings. The second-order valence-electron chi connectivity index (χ2n) is 8.67. The van der Waals surface area contributed by atoms with Crippen LogP contribution in [0.25, 0.3) is 0 Å². The fourth-order valence-electron chi connectivity index (χ4n) is 7.42. The van der Waals surface area contributed by atoms with Crippen molar-refractivity contribution in [2.75, 3.05) is 7.11 Å². The van der Waals surface area contributed by atoms with Crippen molar-refractivity contribution < 1.29 is 28.7 Å². The average molecular weight is 346 g/mol. The summed E-state index contributed by atoms with van der Waals surface area (Å²) in [6.07, 6.45) is 4.67. The van der Waals surface area contributed by atoms with E-state index >= 15 is 0 Å². The zero-order valence-electron chi connectivity index (χ0n) is 14.1. The maximum Gasteiger partial charge on any atom is 0.317 e. The van der Waals surface area contributed by atoms with Crippen molar-refractivity contribution in [2.24, 2.45) is 59.2 Å². The van der Waals surface area contributed by atoms with Gasteiger partial charge in [-0.2, -0.15) is 0 Å². The van der Waals surface area contributed by atoms with Gasteiger partial charge in [-0.25, -0.2) is 0 Å². The van der Waals surface area contributed by atoms with Gasteiger partial charge in [0.25, 0.3) is 0 Å². The zero-order valence-corrected chi connectivity index (χ0v) is 14.1. The monoisotopic (exact) mass is 346 g/mol. The molecule has 1 heterocycles. The minimum atomic E-state index is -0.338. The van der Waals surface area contributed by atoms with Crippen molar-refractivity contribution in [3.05, 3.63) is 0 Å². The summed E-state index contributed by atoms with van der Waals surface area (Å²) >= 11 is 0. The van der Waals surface area contributed by atoms with Crippen molar-refractivity contribution >= 4 is 24.2 Å². The molecule has 10 atom stereocenters.